The molecule has 1 rings (SSSR count). The third kappa shape index (κ3) is 6.62. The lowest BCUT2D eigenvalue weighted by molar-refractivity contribution is 0.0504. The molecule has 112 valence electrons. The van der Waals surface area contributed by atoms with Gasteiger partial charge in [0.15, 0.2) is 0 Å². The second-order valence-corrected chi connectivity index (χ2v) is 5.88. The van der Waals surface area contributed by atoms with E-state index in [0.717, 1.165) is 5.56 Å². The van der Waals surface area contributed by atoms with E-state index in [2.05, 4.69) is 18.0 Å². The smallest absolute Gasteiger partial charge is 0.407 e. The Morgan fingerprint density at radius 2 is 2.05 bits per heavy atom. The number of carbonyl (C=O) groups is 1. The molecule has 0 heterocycles. The lowest BCUT2D eigenvalue weighted by Crippen LogP contribution is -2.40. The maximum atomic E-state index is 11.8. The second-order valence-electron chi connectivity index (χ2n) is 5.88. The molecular formula is C17H22N2O2. The SMILES string of the molecule is C=CCC(Cc1ccc(C#N)cc1)NC(=O)OC(C)(C)C. The molecule has 4 nitrogen and oxygen atoms in total. The molecule has 1 atom stereocenters. The van der Waals surface area contributed by atoms with Gasteiger partial charge in [-0.15, -0.1) is 6.58 Å². The molecule has 0 fully saturated rings. The Bertz CT molecular complexity index is 521. The minimum absolute atomic E-state index is 0.0784. The van der Waals surface area contributed by atoms with E-state index in [4.69, 9.17) is 10.00 Å². The predicted octanol–water partition coefficient (Wildman–Crippen LogP) is 3.57. The molecule has 1 aromatic rings. The fourth-order valence-electron chi connectivity index (χ4n) is 1.87. The van der Waals surface area contributed by atoms with Gasteiger partial charge in [0.1, 0.15) is 5.60 Å². The normalized spacial score (nSPS) is 12.1. The number of hydrogen-bond acceptors (Lipinski definition) is 3. The number of nitriles is 1. The van der Waals surface area contributed by atoms with Gasteiger partial charge >= 0.3 is 6.09 Å². The molecule has 0 aliphatic rings. The molecule has 1 amide bonds. The molecule has 1 N–H and O–H groups in total. The Morgan fingerprint density at radius 1 is 1.43 bits per heavy atom. The van der Waals surface area contributed by atoms with Crippen molar-refractivity contribution in [1.82, 2.24) is 5.32 Å². The molecule has 1 unspecified atom stereocenters. The number of rotatable bonds is 5. The van der Waals surface area contributed by atoms with Gasteiger partial charge in [0, 0.05) is 6.04 Å². The average Bonchev–Trinajstić information content (AvgIpc) is 2.37. The summed E-state index contributed by atoms with van der Waals surface area (Å²) in [6.45, 7) is 9.20. The summed E-state index contributed by atoms with van der Waals surface area (Å²) in [5.74, 6) is 0. The van der Waals surface area contributed by atoms with Crippen LogP contribution in [-0.2, 0) is 11.2 Å². The first-order chi connectivity index (χ1) is 9.84. The lowest BCUT2D eigenvalue weighted by atomic mass is 10.0. The molecule has 0 bridgehead atoms. The standard InChI is InChI=1S/C17H22N2O2/c1-5-6-15(19-16(20)21-17(2,3)4)11-13-7-9-14(12-18)10-8-13/h5,7-10,15H,1,6,11H2,2-4H3,(H,19,20). The second kappa shape index (κ2) is 7.49. The van der Waals surface area contributed by atoms with E-state index in [1.165, 1.54) is 0 Å². The number of hydrogen-bond donors (Lipinski definition) is 1. The summed E-state index contributed by atoms with van der Waals surface area (Å²) in [5.41, 5.74) is 1.16. The van der Waals surface area contributed by atoms with Crippen LogP contribution in [0.2, 0.25) is 0 Å². The first kappa shape index (κ1) is 16.8. The van der Waals surface area contributed by atoms with Crippen molar-refractivity contribution in [2.24, 2.45) is 0 Å². The summed E-state index contributed by atoms with van der Waals surface area (Å²) in [5, 5.41) is 11.6. The Hall–Kier alpha value is -2.28. The number of nitrogens with zero attached hydrogens (tertiary/aromatic N) is 1. The number of nitrogens with one attached hydrogen (secondary N) is 1. The van der Waals surface area contributed by atoms with E-state index in [-0.39, 0.29) is 6.04 Å². The van der Waals surface area contributed by atoms with Crippen LogP contribution in [0.5, 0.6) is 0 Å². The predicted molar refractivity (Wildman–Crippen MR) is 82.8 cm³/mol. The summed E-state index contributed by atoms with van der Waals surface area (Å²) in [6, 6.07) is 9.34. The van der Waals surface area contributed by atoms with Crippen LogP contribution in [0, 0.1) is 11.3 Å². The highest BCUT2D eigenvalue weighted by atomic mass is 16.6. The van der Waals surface area contributed by atoms with Crippen LogP contribution in [0.4, 0.5) is 4.79 Å². The van der Waals surface area contributed by atoms with E-state index in [0.29, 0.717) is 18.4 Å². The fraction of sp³-hybridized carbons (Fsp3) is 0.412. The van der Waals surface area contributed by atoms with Crippen LogP contribution in [0.15, 0.2) is 36.9 Å². The number of ether oxygens (including phenoxy) is 1. The summed E-state index contributed by atoms with van der Waals surface area (Å²) in [4.78, 5) is 11.8. The molecule has 0 spiro atoms. The first-order valence-corrected chi connectivity index (χ1v) is 6.93. The monoisotopic (exact) mass is 286 g/mol. The van der Waals surface area contributed by atoms with Crippen LogP contribution in [0.25, 0.3) is 0 Å². The molecule has 0 radical (unpaired) electrons. The van der Waals surface area contributed by atoms with Gasteiger partial charge in [0.05, 0.1) is 11.6 Å². The molecule has 0 saturated carbocycles. The lowest BCUT2D eigenvalue weighted by Gasteiger charge is -2.23. The molecule has 21 heavy (non-hydrogen) atoms. The van der Waals surface area contributed by atoms with Crippen molar-refractivity contribution in [3.63, 3.8) is 0 Å². The van der Waals surface area contributed by atoms with Crippen LogP contribution in [-0.4, -0.2) is 17.7 Å². The minimum Gasteiger partial charge on any atom is -0.444 e. The van der Waals surface area contributed by atoms with Crippen molar-refractivity contribution in [3.8, 4) is 6.07 Å². The third-order valence-electron chi connectivity index (χ3n) is 2.74. The van der Waals surface area contributed by atoms with Crippen molar-refractivity contribution < 1.29 is 9.53 Å². The highest BCUT2D eigenvalue weighted by Crippen LogP contribution is 2.11. The highest BCUT2D eigenvalue weighted by molar-refractivity contribution is 5.68. The van der Waals surface area contributed by atoms with E-state index in [1.807, 2.05) is 32.9 Å². The van der Waals surface area contributed by atoms with Gasteiger partial charge in [-0.3, -0.25) is 0 Å². The molecule has 1 aromatic carbocycles. The zero-order valence-corrected chi connectivity index (χ0v) is 12.8. The van der Waals surface area contributed by atoms with Crippen molar-refractivity contribution in [2.45, 2.75) is 45.3 Å². The van der Waals surface area contributed by atoms with Gasteiger partial charge in [-0.1, -0.05) is 18.2 Å². The van der Waals surface area contributed by atoms with Gasteiger partial charge in [-0.05, 0) is 51.3 Å². The maximum Gasteiger partial charge on any atom is 0.407 e. The highest BCUT2D eigenvalue weighted by Gasteiger charge is 2.19. The van der Waals surface area contributed by atoms with E-state index >= 15 is 0 Å². The average molecular weight is 286 g/mol. The Morgan fingerprint density at radius 3 is 2.52 bits per heavy atom. The molecule has 4 heteroatoms. The molecule has 0 aliphatic carbocycles. The Kier molecular flexibility index (Phi) is 5.98. The van der Waals surface area contributed by atoms with Crippen LogP contribution in [0.3, 0.4) is 0 Å². The summed E-state index contributed by atoms with van der Waals surface area (Å²) in [6.07, 6.45) is 2.66. The van der Waals surface area contributed by atoms with Crippen molar-refractivity contribution in [3.05, 3.63) is 48.0 Å². The van der Waals surface area contributed by atoms with Crippen molar-refractivity contribution >= 4 is 6.09 Å². The zero-order valence-electron chi connectivity index (χ0n) is 12.8. The van der Waals surface area contributed by atoms with E-state index in [1.54, 1.807) is 18.2 Å². The van der Waals surface area contributed by atoms with Gasteiger partial charge in [-0.2, -0.15) is 5.26 Å². The van der Waals surface area contributed by atoms with E-state index in [9.17, 15) is 4.79 Å². The molecule has 0 saturated heterocycles. The van der Waals surface area contributed by atoms with Crippen LogP contribution in [0.1, 0.15) is 38.3 Å². The molecule has 0 aliphatic heterocycles. The summed E-state index contributed by atoms with van der Waals surface area (Å²) in [7, 11) is 0. The topological polar surface area (TPSA) is 62.1 Å². The number of carbonyl (C=O) groups excluding carboxylic acids is 1. The molecule has 0 aromatic heterocycles. The summed E-state index contributed by atoms with van der Waals surface area (Å²) < 4.78 is 5.26. The van der Waals surface area contributed by atoms with Gasteiger partial charge in [0.25, 0.3) is 0 Å². The maximum absolute atomic E-state index is 11.8. The van der Waals surface area contributed by atoms with Gasteiger partial charge in [0.2, 0.25) is 0 Å². The van der Waals surface area contributed by atoms with Gasteiger partial charge < -0.3 is 10.1 Å². The van der Waals surface area contributed by atoms with Crippen molar-refractivity contribution in [2.75, 3.05) is 0 Å². The molecular weight excluding hydrogens is 264 g/mol. The third-order valence-corrected chi connectivity index (χ3v) is 2.74. The quantitative estimate of drug-likeness (QED) is 0.842. The number of alkyl carbamates (subject to hydrolysis) is 1. The number of amides is 1. The van der Waals surface area contributed by atoms with Crippen LogP contribution >= 0.6 is 0 Å². The Labute approximate surface area is 126 Å². The zero-order chi connectivity index (χ0) is 15.9. The van der Waals surface area contributed by atoms with Crippen LogP contribution < -0.4 is 5.32 Å². The fourth-order valence-corrected chi connectivity index (χ4v) is 1.87. The van der Waals surface area contributed by atoms with Gasteiger partial charge in [-0.25, -0.2) is 4.79 Å². The summed E-state index contributed by atoms with van der Waals surface area (Å²) >= 11 is 0. The van der Waals surface area contributed by atoms with E-state index < -0.39 is 11.7 Å². The Balaban J connectivity index is 2.66. The largest absolute Gasteiger partial charge is 0.444 e. The minimum atomic E-state index is -0.517. The first-order valence-electron chi connectivity index (χ1n) is 6.93. The number of benzene rings is 1. The van der Waals surface area contributed by atoms with Crippen molar-refractivity contribution in [1.29, 1.82) is 5.26 Å².